The van der Waals surface area contributed by atoms with Crippen LogP contribution in [0.3, 0.4) is 0 Å². The molecule has 0 radical (unpaired) electrons. The zero-order valence-corrected chi connectivity index (χ0v) is 14.7. The molecular weight excluding hydrogens is 334 g/mol. The first-order valence-electron chi connectivity index (χ1n) is 8.08. The van der Waals surface area contributed by atoms with Crippen molar-refractivity contribution in [1.29, 1.82) is 0 Å². The van der Waals surface area contributed by atoms with Crippen molar-refractivity contribution in [3.8, 4) is 0 Å². The Kier molecular flexibility index (Phi) is 5.50. The van der Waals surface area contributed by atoms with Gasteiger partial charge in [-0.3, -0.25) is 0 Å². The standard InChI is InChI=1S/C19H19N3O2S/c1-2-22-17(12-14-6-4-3-5-7-14)20-21-19(22)25-13-15-8-10-16(11-9-15)18(23)24/h3-11H,2,12-13H2,1H3,(H,23,24). The predicted molar refractivity (Wildman–Crippen MR) is 97.9 cm³/mol. The van der Waals surface area contributed by atoms with Gasteiger partial charge in [0.25, 0.3) is 0 Å². The van der Waals surface area contributed by atoms with Gasteiger partial charge < -0.3 is 9.67 Å². The van der Waals surface area contributed by atoms with Crippen LogP contribution in [0, 0.1) is 0 Å². The second-order valence-electron chi connectivity index (χ2n) is 5.60. The number of hydrogen-bond donors (Lipinski definition) is 1. The lowest BCUT2D eigenvalue weighted by molar-refractivity contribution is 0.0697. The van der Waals surface area contributed by atoms with Crippen LogP contribution in [0.4, 0.5) is 0 Å². The summed E-state index contributed by atoms with van der Waals surface area (Å²) in [5, 5.41) is 18.5. The topological polar surface area (TPSA) is 68.0 Å². The van der Waals surface area contributed by atoms with Gasteiger partial charge in [0.1, 0.15) is 5.82 Å². The first-order valence-corrected chi connectivity index (χ1v) is 9.07. The van der Waals surface area contributed by atoms with E-state index in [-0.39, 0.29) is 0 Å². The maximum absolute atomic E-state index is 10.9. The molecule has 3 aromatic rings. The summed E-state index contributed by atoms with van der Waals surface area (Å²) >= 11 is 1.61. The zero-order valence-electron chi connectivity index (χ0n) is 13.9. The Morgan fingerprint density at radius 1 is 1.04 bits per heavy atom. The maximum atomic E-state index is 10.9. The fraction of sp³-hybridized carbons (Fsp3) is 0.211. The number of aromatic carboxylic acids is 1. The fourth-order valence-corrected chi connectivity index (χ4v) is 3.52. The first-order chi connectivity index (χ1) is 12.2. The lowest BCUT2D eigenvalue weighted by Gasteiger charge is -2.07. The minimum Gasteiger partial charge on any atom is -0.478 e. The minimum atomic E-state index is -0.907. The SMILES string of the molecule is CCn1c(Cc2ccccc2)nnc1SCc1ccc(C(=O)O)cc1. The molecule has 5 nitrogen and oxygen atoms in total. The number of carbonyl (C=O) groups is 1. The van der Waals surface area contributed by atoms with Crippen LogP contribution in [0.2, 0.25) is 0 Å². The lowest BCUT2D eigenvalue weighted by atomic mass is 10.1. The third kappa shape index (κ3) is 4.28. The molecule has 0 bridgehead atoms. The van der Waals surface area contributed by atoms with Crippen LogP contribution in [0.5, 0.6) is 0 Å². The van der Waals surface area contributed by atoms with Crippen molar-refractivity contribution in [3.63, 3.8) is 0 Å². The summed E-state index contributed by atoms with van der Waals surface area (Å²) in [6.45, 7) is 2.90. The quantitative estimate of drug-likeness (QED) is 0.653. The first kappa shape index (κ1) is 17.2. The molecule has 0 amide bonds. The molecule has 0 unspecified atom stereocenters. The lowest BCUT2D eigenvalue weighted by Crippen LogP contribution is -2.04. The molecule has 1 aromatic heterocycles. The Hall–Kier alpha value is -2.60. The molecule has 128 valence electrons. The van der Waals surface area contributed by atoms with Gasteiger partial charge in [0.2, 0.25) is 0 Å². The monoisotopic (exact) mass is 353 g/mol. The average molecular weight is 353 g/mol. The van der Waals surface area contributed by atoms with Crippen LogP contribution >= 0.6 is 11.8 Å². The molecular formula is C19H19N3O2S. The molecule has 0 aliphatic carbocycles. The average Bonchev–Trinajstić information content (AvgIpc) is 3.02. The van der Waals surface area contributed by atoms with E-state index in [1.165, 1.54) is 5.56 Å². The number of thioether (sulfide) groups is 1. The second-order valence-corrected chi connectivity index (χ2v) is 6.54. The number of aromatic nitrogens is 3. The van der Waals surface area contributed by atoms with E-state index in [1.54, 1.807) is 23.9 Å². The van der Waals surface area contributed by atoms with E-state index in [2.05, 4.69) is 33.8 Å². The molecule has 6 heteroatoms. The molecule has 0 aliphatic rings. The van der Waals surface area contributed by atoms with Crippen LogP contribution in [0.25, 0.3) is 0 Å². The molecule has 0 spiro atoms. The van der Waals surface area contributed by atoms with E-state index in [0.29, 0.717) is 5.56 Å². The summed E-state index contributed by atoms with van der Waals surface area (Å²) in [6.07, 6.45) is 0.759. The van der Waals surface area contributed by atoms with Crippen LogP contribution < -0.4 is 0 Å². The van der Waals surface area contributed by atoms with Gasteiger partial charge in [0.15, 0.2) is 5.16 Å². The summed E-state index contributed by atoms with van der Waals surface area (Å²) in [4.78, 5) is 10.9. The third-order valence-corrected chi connectivity index (χ3v) is 4.92. The molecule has 0 aliphatic heterocycles. The van der Waals surface area contributed by atoms with Gasteiger partial charge in [0, 0.05) is 18.7 Å². The smallest absolute Gasteiger partial charge is 0.335 e. The molecule has 3 rings (SSSR count). The van der Waals surface area contributed by atoms with Crippen LogP contribution in [0.15, 0.2) is 59.8 Å². The highest BCUT2D eigenvalue weighted by atomic mass is 32.2. The second kappa shape index (κ2) is 7.98. The van der Waals surface area contributed by atoms with Crippen molar-refractivity contribution in [2.45, 2.75) is 30.8 Å². The highest BCUT2D eigenvalue weighted by Gasteiger charge is 2.12. The summed E-state index contributed by atoms with van der Waals surface area (Å²) < 4.78 is 2.13. The van der Waals surface area contributed by atoms with Crippen LogP contribution in [0.1, 0.15) is 34.2 Å². The van der Waals surface area contributed by atoms with Gasteiger partial charge in [-0.05, 0) is 30.2 Å². The van der Waals surface area contributed by atoms with Gasteiger partial charge in [0.05, 0.1) is 5.56 Å². The van der Waals surface area contributed by atoms with Gasteiger partial charge in [-0.1, -0.05) is 54.2 Å². The van der Waals surface area contributed by atoms with Gasteiger partial charge >= 0.3 is 5.97 Å². The molecule has 0 saturated carbocycles. The van der Waals surface area contributed by atoms with E-state index in [0.717, 1.165) is 35.3 Å². The number of benzene rings is 2. The van der Waals surface area contributed by atoms with Crippen molar-refractivity contribution >= 4 is 17.7 Å². The zero-order chi connectivity index (χ0) is 17.6. The highest BCUT2D eigenvalue weighted by Crippen LogP contribution is 2.23. The van der Waals surface area contributed by atoms with Crippen molar-refractivity contribution < 1.29 is 9.90 Å². The molecule has 0 atom stereocenters. The predicted octanol–water partition coefficient (Wildman–Crippen LogP) is 3.88. The molecule has 1 N–H and O–H groups in total. The van der Waals surface area contributed by atoms with Gasteiger partial charge in [-0.2, -0.15) is 0 Å². The largest absolute Gasteiger partial charge is 0.478 e. The van der Waals surface area contributed by atoms with E-state index >= 15 is 0 Å². The molecule has 0 fully saturated rings. The summed E-state index contributed by atoms with van der Waals surface area (Å²) in [6, 6.07) is 17.2. The molecule has 25 heavy (non-hydrogen) atoms. The number of carboxylic acids is 1. The van der Waals surface area contributed by atoms with Crippen molar-refractivity contribution in [3.05, 3.63) is 77.1 Å². The van der Waals surface area contributed by atoms with Crippen molar-refractivity contribution in [1.82, 2.24) is 14.8 Å². The number of rotatable bonds is 7. The normalized spacial score (nSPS) is 10.8. The van der Waals surface area contributed by atoms with E-state index in [1.807, 2.05) is 30.3 Å². The van der Waals surface area contributed by atoms with E-state index in [4.69, 9.17) is 5.11 Å². The summed E-state index contributed by atoms with van der Waals surface area (Å²) in [5.74, 6) is 0.775. The Morgan fingerprint density at radius 3 is 2.40 bits per heavy atom. The third-order valence-electron chi connectivity index (χ3n) is 3.88. The summed E-state index contributed by atoms with van der Waals surface area (Å²) in [5.41, 5.74) is 2.58. The Morgan fingerprint density at radius 2 is 1.76 bits per heavy atom. The highest BCUT2D eigenvalue weighted by molar-refractivity contribution is 7.98. The Bertz CT molecular complexity index is 845. The van der Waals surface area contributed by atoms with Gasteiger partial charge in [-0.25, -0.2) is 4.79 Å². The Balaban J connectivity index is 1.69. The fourth-order valence-electron chi connectivity index (χ4n) is 2.54. The van der Waals surface area contributed by atoms with E-state index < -0.39 is 5.97 Å². The van der Waals surface area contributed by atoms with Crippen molar-refractivity contribution in [2.75, 3.05) is 0 Å². The molecule has 0 saturated heterocycles. The summed E-state index contributed by atoms with van der Waals surface area (Å²) in [7, 11) is 0. The van der Waals surface area contributed by atoms with Gasteiger partial charge in [-0.15, -0.1) is 10.2 Å². The van der Waals surface area contributed by atoms with E-state index in [9.17, 15) is 4.79 Å². The van der Waals surface area contributed by atoms with Crippen LogP contribution in [-0.2, 0) is 18.7 Å². The number of hydrogen-bond acceptors (Lipinski definition) is 4. The van der Waals surface area contributed by atoms with Crippen molar-refractivity contribution in [2.24, 2.45) is 0 Å². The minimum absolute atomic E-state index is 0.302. The Labute approximate surface area is 150 Å². The maximum Gasteiger partial charge on any atom is 0.335 e. The number of carboxylic acid groups (broad SMARTS) is 1. The number of nitrogens with zero attached hydrogens (tertiary/aromatic N) is 3. The van der Waals surface area contributed by atoms with Crippen LogP contribution in [-0.4, -0.2) is 25.8 Å². The molecule has 1 heterocycles. The molecule has 2 aromatic carbocycles.